The normalized spacial score (nSPS) is 14.2. The molecule has 0 rings (SSSR count). The average Bonchev–Trinajstić information content (AvgIpc) is 3.35. The minimum atomic E-state index is -4.46. The molecule has 73 heavy (non-hydrogen) atoms. The van der Waals surface area contributed by atoms with Gasteiger partial charge in [-0.15, -0.1) is 0 Å². The minimum Gasteiger partial charge on any atom is -0.456 e. The molecular weight excluding hydrogens is 928 g/mol. The molecule has 0 aliphatic rings. The number of esters is 1. The van der Waals surface area contributed by atoms with E-state index in [0.29, 0.717) is 23.9 Å². The Morgan fingerprint density at radius 1 is 0.479 bits per heavy atom. The van der Waals surface area contributed by atoms with E-state index in [9.17, 15) is 19.0 Å². The zero-order valence-electron chi connectivity index (χ0n) is 48.4. The van der Waals surface area contributed by atoms with Gasteiger partial charge in [-0.25, -0.2) is 4.57 Å². The van der Waals surface area contributed by atoms with Crippen LogP contribution in [-0.4, -0.2) is 74.3 Å². The van der Waals surface area contributed by atoms with Crippen molar-refractivity contribution in [3.05, 3.63) is 72.9 Å². The van der Waals surface area contributed by atoms with Gasteiger partial charge in [0.2, 0.25) is 5.91 Å². The van der Waals surface area contributed by atoms with Crippen molar-refractivity contribution in [1.29, 1.82) is 0 Å². The molecule has 0 aromatic rings. The second kappa shape index (κ2) is 52.9. The summed E-state index contributed by atoms with van der Waals surface area (Å²) in [5, 5.41) is 3.03. The predicted octanol–water partition coefficient (Wildman–Crippen LogP) is 18.4. The van der Waals surface area contributed by atoms with Gasteiger partial charge in [0.05, 0.1) is 33.8 Å². The highest BCUT2D eigenvalue weighted by molar-refractivity contribution is 7.47. The summed E-state index contributed by atoms with van der Waals surface area (Å²) in [5.74, 6) is -0.588. The number of hydrogen-bond donors (Lipinski definition) is 2. The number of carbonyl (C=O) groups is 2. The van der Waals surface area contributed by atoms with E-state index in [0.717, 1.165) is 77.0 Å². The Hall–Kier alpha value is -2.55. The van der Waals surface area contributed by atoms with Crippen molar-refractivity contribution in [2.45, 2.75) is 277 Å². The summed E-state index contributed by atoms with van der Waals surface area (Å²) in [4.78, 5) is 37.6. The average molecular weight is 1040 g/mol. The fourth-order valence-electron chi connectivity index (χ4n) is 8.41. The van der Waals surface area contributed by atoms with Crippen molar-refractivity contribution in [3.8, 4) is 0 Å². The van der Waals surface area contributed by atoms with Crippen molar-refractivity contribution >= 4 is 19.7 Å². The molecule has 1 amide bonds. The molecule has 3 unspecified atom stereocenters. The van der Waals surface area contributed by atoms with Gasteiger partial charge in [-0.2, -0.15) is 0 Å². The number of carbonyl (C=O) groups excluding carboxylic acids is 2. The van der Waals surface area contributed by atoms with E-state index in [2.05, 4.69) is 80.8 Å². The maximum absolute atomic E-state index is 13.5. The Bertz CT molecular complexity index is 1480. The highest BCUT2D eigenvalue weighted by Gasteiger charge is 2.30. The van der Waals surface area contributed by atoms with Gasteiger partial charge in [0, 0.05) is 12.8 Å². The van der Waals surface area contributed by atoms with Gasteiger partial charge in [0.1, 0.15) is 19.3 Å². The van der Waals surface area contributed by atoms with Crippen LogP contribution in [0.15, 0.2) is 72.9 Å². The number of phosphoric acid groups is 1. The number of quaternary nitrogens is 1. The van der Waals surface area contributed by atoms with E-state index in [1.165, 1.54) is 148 Å². The number of hydrogen-bond acceptors (Lipinski definition) is 6. The van der Waals surface area contributed by atoms with Crippen LogP contribution in [0, 0.1) is 0 Å². The maximum Gasteiger partial charge on any atom is 0.472 e. The summed E-state index contributed by atoms with van der Waals surface area (Å²) in [6, 6.07) is -0.874. The number of allylic oxidation sites excluding steroid dienone is 11. The Morgan fingerprint density at radius 3 is 1.30 bits per heavy atom. The van der Waals surface area contributed by atoms with Gasteiger partial charge in [0.15, 0.2) is 0 Å². The van der Waals surface area contributed by atoms with Crippen molar-refractivity contribution in [3.63, 3.8) is 0 Å². The zero-order chi connectivity index (χ0) is 53.6. The number of ether oxygens (including phenoxy) is 1. The molecule has 3 atom stereocenters. The molecule has 0 heterocycles. The number of rotatable bonds is 54. The van der Waals surface area contributed by atoms with Crippen molar-refractivity contribution in [2.75, 3.05) is 40.9 Å². The largest absolute Gasteiger partial charge is 0.472 e. The topological polar surface area (TPSA) is 111 Å². The van der Waals surface area contributed by atoms with Crippen LogP contribution in [-0.2, 0) is 27.9 Å². The Balaban J connectivity index is 5.22. The lowest BCUT2D eigenvalue weighted by Gasteiger charge is -2.27. The Morgan fingerprint density at radius 2 is 0.849 bits per heavy atom. The molecular formula is C63H116N2O7P+. The molecule has 2 N–H and O–H groups in total. The summed E-state index contributed by atoms with van der Waals surface area (Å²) in [6.07, 6.45) is 67.7. The van der Waals surface area contributed by atoms with Crippen LogP contribution in [0.5, 0.6) is 0 Å². The van der Waals surface area contributed by atoms with Gasteiger partial charge in [-0.3, -0.25) is 18.6 Å². The van der Waals surface area contributed by atoms with Crippen molar-refractivity contribution in [2.24, 2.45) is 0 Å². The van der Waals surface area contributed by atoms with Crippen LogP contribution in [0.4, 0.5) is 0 Å². The van der Waals surface area contributed by atoms with Crippen LogP contribution >= 0.6 is 7.82 Å². The summed E-state index contributed by atoms with van der Waals surface area (Å²) < 4.78 is 30.6. The van der Waals surface area contributed by atoms with Gasteiger partial charge < -0.3 is 19.4 Å². The highest BCUT2D eigenvalue weighted by Crippen LogP contribution is 2.43. The minimum absolute atomic E-state index is 0.0299. The third-order valence-corrected chi connectivity index (χ3v) is 14.1. The van der Waals surface area contributed by atoms with Crippen LogP contribution in [0.3, 0.4) is 0 Å². The first kappa shape index (κ1) is 70.5. The third kappa shape index (κ3) is 54.1. The molecule has 10 heteroatoms. The molecule has 0 aromatic carbocycles. The van der Waals surface area contributed by atoms with Gasteiger partial charge in [-0.1, -0.05) is 235 Å². The van der Waals surface area contributed by atoms with Crippen LogP contribution < -0.4 is 5.32 Å². The number of amides is 1. The molecule has 0 saturated carbocycles. The first-order valence-electron chi connectivity index (χ1n) is 30.3. The number of nitrogens with one attached hydrogen (secondary N) is 1. The van der Waals surface area contributed by atoms with E-state index in [1.807, 2.05) is 39.4 Å². The zero-order valence-corrected chi connectivity index (χ0v) is 49.3. The fraction of sp³-hybridized carbons (Fsp3) is 0.778. The molecule has 9 nitrogen and oxygen atoms in total. The van der Waals surface area contributed by atoms with Crippen LogP contribution in [0.1, 0.15) is 265 Å². The third-order valence-electron chi connectivity index (χ3n) is 13.1. The second-order valence-electron chi connectivity index (χ2n) is 21.5. The predicted molar refractivity (Wildman–Crippen MR) is 314 cm³/mol. The summed E-state index contributed by atoms with van der Waals surface area (Å²) >= 11 is 0. The first-order chi connectivity index (χ1) is 35.4. The standard InChI is InChI=1S/C63H115N2O7P/c1-7-10-13-16-19-22-25-27-28-29-30-31-32-33-34-35-36-38-40-43-46-49-52-55-62(66)64-60(59-71-73(68,69)70-58-57-65(4,5)6)61(54-51-48-45-42-39-24-21-18-15-12-9-3)72-63(67)56-53-50-47-44-41-37-26-23-20-17-14-11-8-2/h19,22,27-28,30-31,37,41,47,50-51,54,60-61H,7-18,20-21,23-26,29,32-36,38-40,42-46,48-49,52-53,55-59H2,1-6H3,(H-,64,66,68,69)/p+1/b22-19-,28-27-,31-30-,41-37-,50-47+,54-51-. The molecule has 0 aromatic heterocycles. The maximum atomic E-state index is 13.5. The molecule has 0 bridgehead atoms. The molecule has 0 fully saturated rings. The number of likely N-dealkylation sites (N-methyl/N-ethyl adjacent to an activating group) is 1. The van der Waals surface area contributed by atoms with Gasteiger partial charge in [-0.05, 0) is 89.5 Å². The molecule has 0 aliphatic heterocycles. The quantitative estimate of drug-likeness (QED) is 0.0205. The van der Waals surface area contributed by atoms with Crippen molar-refractivity contribution in [1.82, 2.24) is 5.32 Å². The number of unbranched alkanes of at least 4 members (excludes halogenated alkanes) is 28. The molecule has 0 spiro atoms. The first-order valence-corrected chi connectivity index (χ1v) is 31.8. The van der Waals surface area contributed by atoms with Crippen LogP contribution in [0.2, 0.25) is 0 Å². The van der Waals surface area contributed by atoms with Crippen LogP contribution in [0.25, 0.3) is 0 Å². The van der Waals surface area contributed by atoms with E-state index >= 15 is 0 Å². The van der Waals surface area contributed by atoms with E-state index < -0.39 is 25.9 Å². The van der Waals surface area contributed by atoms with E-state index in [4.69, 9.17) is 13.8 Å². The van der Waals surface area contributed by atoms with Gasteiger partial charge >= 0.3 is 13.8 Å². The Kier molecular flexibility index (Phi) is 51.0. The van der Waals surface area contributed by atoms with E-state index in [1.54, 1.807) is 0 Å². The lowest BCUT2D eigenvalue weighted by molar-refractivity contribution is -0.870. The lowest BCUT2D eigenvalue weighted by Crippen LogP contribution is -2.47. The highest BCUT2D eigenvalue weighted by atomic mass is 31.2. The fourth-order valence-corrected chi connectivity index (χ4v) is 9.15. The molecule has 0 aliphatic carbocycles. The molecule has 424 valence electrons. The molecule has 0 saturated heterocycles. The summed E-state index contributed by atoms with van der Waals surface area (Å²) in [7, 11) is 1.46. The van der Waals surface area contributed by atoms with Crippen molar-refractivity contribution < 1.29 is 37.3 Å². The lowest BCUT2D eigenvalue weighted by atomic mass is 10.0. The van der Waals surface area contributed by atoms with Gasteiger partial charge in [0.25, 0.3) is 0 Å². The smallest absolute Gasteiger partial charge is 0.456 e. The van der Waals surface area contributed by atoms with E-state index in [-0.39, 0.29) is 25.5 Å². The molecule has 0 radical (unpaired) electrons. The monoisotopic (exact) mass is 1040 g/mol. The number of phosphoric ester groups is 1. The number of nitrogens with zero attached hydrogens (tertiary/aromatic N) is 1. The summed E-state index contributed by atoms with van der Waals surface area (Å²) in [5.41, 5.74) is 0. The summed E-state index contributed by atoms with van der Waals surface area (Å²) in [6.45, 7) is 6.93. The Labute approximate surface area is 451 Å². The SMILES string of the molecule is CCCCC/C=C\C/C=C\C/C=C\CCCCCCCCCCCCC(=O)NC(COP(=O)(O)OCC[N+](C)(C)C)C(/C=C\CCCCCCCCCCC)OC(=O)CC/C=C/C/C=C\CCCCCCCC. The second-order valence-corrected chi connectivity index (χ2v) is 23.0.